The second kappa shape index (κ2) is 9.86. The van der Waals surface area contributed by atoms with Gasteiger partial charge in [0.1, 0.15) is 5.78 Å². The van der Waals surface area contributed by atoms with Gasteiger partial charge in [-0.1, -0.05) is 48.1 Å². The van der Waals surface area contributed by atoms with Gasteiger partial charge in [-0.3, -0.25) is 9.59 Å². The van der Waals surface area contributed by atoms with E-state index in [9.17, 15) is 14.7 Å². The fourth-order valence-corrected chi connectivity index (χ4v) is 10.0. The van der Waals surface area contributed by atoms with Crippen LogP contribution in [0.2, 0.25) is 0 Å². The predicted molar refractivity (Wildman–Crippen MR) is 138 cm³/mol. The second-order valence-electron chi connectivity index (χ2n) is 12.2. The number of carbonyl (C=O) groups is 2. The van der Waals surface area contributed by atoms with Gasteiger partial charge in [0.05, 0.1) is 5.41 Å². The minimum Gasteiger partial charge on any atom is -0.481 e. The van der Waals surface area contributed by atoms with Crippen LogP contribution < -0.4 is 0 Å². The van der Waals surface area contributed by atoms with Crippen molar-refractivity contribution in [3.8, 4) is 0 Å². The lowest BCUT2D eigenvalue weighted by molar-refractivity contribution is -0.191. The third-order valence-electron chi connectivity index (χ3n) is 11.3. The number of carbonyl (C=O) groups excluding carboxylic acids is 1. The number of fused-ring (bicyclic) bond motifs is 7. The van der Waals surface area contributed by atoms with E-state index < -0.39 is 11.4 Å². The lowest BCUT2D eigenvalue weighted by atomic mass is 9.38. The highest BCUT2D eigenvalue weighted by Crippen LogP contribution is 2.71. The molecule has 0 amide bonds. The summed E-state index contributed by atoms with van der Waals surface area (Å²) in [6.07, 6.45) is 13.8. The summed E-state index contributed by atoms with van der Waals surface area (Å²) in [5, 5.41) is 10.1. The molecule has 0 bridgehead atoms. The summed E-state index contributed by atoms with van der Waals surface area (Å²) in [5.41, 5.74) is 0.251. The van der Waals surface area contributed by atoms with Gasteiger partial charge in [-0.15, -0.1) is 6.58 Å². The smallest absolute Gasteiger partial charge is 0.309 e. The van der Waals surface area contributed by atoms with Gasteiger partial charge < -0.3 is 5.11 Å². The molecule has 190 valence electrons. The number of carboxylic acids is 1. The van der Waals surface area contributed by atoms with Gasteiger partial charge in [0.25, 0.3) is 0 Å². The van der Waals surface area contributed by atoms with Crippen molar-refractivity contribution < 1.29 is 14.7 Å². The van der Waals surface area contributed by atoms with Crippen molar-refractivity contribution in [3.05, 3.63) is 12.7 Å². The van der Waals surface area contributed by atoms with E-state index in [0.29, 0.717) is 46.2 Å². The van der Waals surface area contributed by atoms with Crippen LogP contribution in [0.15, 0.2) is 12.7 Å². The summed E-state index contributed by atoms with van der Waals surface area (Å²) in [5.74, 6) is 3.25. The molecule has 0 radical (unpaired) electrons. The summed E-state index contributed by atoms with van der Waals surface area (Å²) < 4.78 is 0. The van der Waals surface area contributed by atoms with Crippen LogP contribution in [-0.4, -0.2) is 16.9 Å². The van der Waals surface area contributed by atoms with Crippen molar-refractivity contribution >= 4 is 11.8 Å². The number of aliphatic carboxylic acids is 1. The number of carboxylic acid groups (broad SMARTS) is 1. The Kier molecular flexibility index (Phi) is 8.40. The molecule has 5 aliphatic rings. The number of hydrogen-bond donors (Lipinski definition) is 1. The molecule has 0 heterocycles. The molecule has 0 aromatic heterocycles. The van der Waals surface area contributed by atoms with E-state index in [1.807, 2.05) is 6.92 Å². The molecule has 5 aliphatic carbocycles. The highest BCUT2D eigenvalue weighted by molar-refractivity contribution is 5.82. The van der Waals surface area contributed by atoms with E-state index >= 15 is 0 Å². The van der Waals surface area contributed by atoms with Crippen LogP contribution in [0.4, 0.5) is 0 Å². The van der Waals surface area contributed by atoms with Gasteiger partial charge in [-0.25, -0.2) is 0 Å². The van der Waals surface area contributed by atoms with Gasteiger partial charge in [0.2, 0.25) is 0 Å². The van der Waals surface area contributed by atoms with E-state index in [-0.39, 0.29) is 20.8 Å². The molecule has 5 rings (SSSR count). The zero-order valence-corrected chi connectivity index (χ0v) is 20.3. The standard InChI is InChI=1S/C25H38O3.C3H6.2CH4/c1-15-17-8-12-24(3)18-9-14-25(22(27)28)11-4-5-19(25)16(18)6-7-21(24)23(17,2)13-10-20(15)26;1-3-2;;/h15-19,21H,4-14H2,1-3H3,(H,27,28);3H,1H2,2H3;2*1H4. The van der Waals surface area contributed by atoms with Crippen molar-refractivity contribution in [3.63, 3.8) is 0 Å². The molecule has 0 aromatic carbocycles. The Balaban J connectivity index is 0.000000733. The van der Waals surface area contributed by atoms with Crippen LogP contribution >= 0.6 is 0 Å². The Morgan fingerprint density at radius 3 is 2.18 bits per heavy atom. The first-order valence-corrected chi connectivity index (χ1v) is 13.0. The number of hydrogen-bond acceptors (Lipinski definition) is 2. The average Bonchev–Trinajstić information content (AvgIpc) is 3.17. The van der Waals surface area contributed by atoms with Crippen molar-refractivity contribution in [2.24, 2.45) is 51.8 Å². The van der Waals surface area contributed by atoms with E-state index in [2.05, 4.69) is 27.4 Å². The number of Topliss-reactive ketones (excluding diaryl/α,β-unsaturated/α-hetero) is 1. The van der Waals surface area contributed by atoms with Gasteiger partial charge in [0, 0.05) is 12.3 Å². The maximum Gasteiger partial charge on any atom is 0.309 e. The largest absolute Gasteiger partial charge is 0.481 e. The fourth-order valence-electron chi connectivity index (χ4n) is 10.0. The monoisotopic (exact) mass is 460 g/mol. The van der Waals surface area contributed by atoms with Gasteiger partial charge >= 0.3 is 5.97 Å². The van der Waals surface area contributed by atoms with Crippen LogP contribution in [0, 0.1) is 51.8 Å². The quantitative estimate of drug-likeness (QED) is 0.401. The number of ketones is 1. The van der Waals surface area contributed by atoms with Crippen molar-refractivity contribution in [1.29, 1.82) is 0 Å². The minimum absolute atomic E-state index is 0. The highest BCUT2D eigenvalue weighted by Gasteiger charge is 2.65. The third kappa shape index (κ3) is 3.94. The first-order chi connectivity index (χ1) is 14.7. The Labute approximate surface area is 204 Å². The fraction of sp³-hybridized carbons (Fsp3) is 0.867. The molecular weight excluding hydrogens is 408 g/mol. The van der Waals surface area contributed by atoms with E-state index in [1.165, 1.54) is 25.7 Å². The topological polar surface area (TPSA) is 54.4 Å². The normalized spacial score (nSPS) is 47.6. The molecule has 5 fully saturated rings. The average molecular weight is 461 g/mol. The molecular formula is C30H52O3. The molecule has 3 heteroatoms. The molecule has 9 atom stereocenters. The Hall–Kier alpha value is -1.12. The Morgan fingerprint density at radius 1 is 0.939 bits per heavy atom. The molecule has 33 heavy (non-hydrogen) atoms. The second-order valence-corrected chi connectivity index (χ2v) is 12.2. The minimum atomic E-state index is -0.504. The van der Waals surface area contributed by atoms with E-state index in [0.717, 1.165) is 44.9 Å². The SMILES string of the molecule is C.C.C=CC.CC1C(=O)CCC2(C)C1CCC1(C)C3CCC4(C(=O)O)CCCC4C3CCC21. The molecule has 0 aromatic rings. The maximum absolute atomic E-state index is 12.4. The zero-order chi connectivity index (χ0) is 22.6. The molecule has 9 unspecified atom stereocenters. The third-order valence-corrected chi connectivity index (χ3v) is 11.3. The van der Waals surface area contributed by atoms with Crippen LogP contribution in [0.3, 0.4) is 0 Å². The van der Waals surface area contributed by atoms with Crippen molar-refractivity contribution in [2.45, 2.75) is 113 Å². The molecule has 5 saturated carbocycles. The summed E-state index contributed by atoms with van der Waals surface area (Å²) in [4.78, 5) is 24.7. The van der Waals surface area contributed by atoms with Crippen molar-refractivity contribution in [2.75, 3.05) is 0 Å². The molecule has 3 nitrogen and oxygen atoms in total. The Morgan fingerprint density at radius 2 is 1.55 bits per heavy atom. The van der Waals surface area contributed by atoms with Crippen LogP contribution in [0.1, 0.15) is 113 Å². The van der Waals surface area contributed by atoms with Gasteiger partial charge in [0.15, 0.2) is 0 Å². The first kappa shape index (κ1) is 28.1. The zero-order valence-electron chi connectivity index (χ0n) is 20.3. The van der Waals surface area contributed by atoms with E-state index in [1.54, 1.807) is 6.08 Å². The molecule has 0 spiro atoms. The molecule has 0 saturated heterocycles. The van der Waals surface area contributed by atoms with Crippen LogP contribution in [-0.2, 0) is 9.59 Å². The number of rotatable bonds is 1. The van der Waals surface area contributed by atoms with Crippen LogP contribution in [0.5, 0.6) is 0 Å². The molecule has 1 N–H and O–H groups in total. The Bertz CT molecular complexity index is 743. The van der Waals surface area contributed by atoms with E-state index in [4.69, 9.17) is 0 Å². The predicted octanol–water partition coefficient (Wildman–Crippen LogP) is 8.18. The lowest BCUT2D eigenvalue weighted by Crippen LogP contribution is -2.61. The highest BCUT2D eigenvalue weighted by atomic mass is 16.4. The summed E-state index contributed by atoms with van der Waals surface area (Å²) >= 11 is 0. The first-order valence-electron chi connectivity index (χ1n) is 13.0. The maximum atomic E-state index is 12.4. The summed E-state index contributed by atoms with van der Waals surface area (Å²) in [7, 11) is 0. The lowest BCUT2D eigenvalue weighted by Gasteiger charge is -2.67. The number of allylic oxidation sites excluding steroid dienone is 1. The van der Waals surface area contributed by atoms with Gasteiger partial charge in [-0.2, -0.15) is 0 Å². The van der Waals surface area contributed by atoms with Gasteiger partial charge in [-0.05, 0) is 105 Å². The summed E-state index contributed by atoms with van der Waals surface area (Å²) in [6, 6.07) is 0. The van der Waals surface area contributed by atoms with Crippen molar-refractivity contribution in [1.82, 2.24) is 0 Å². The summed E-state index contributed by atoms with van der Waals surface area (Å²) in [6.45, 7) is 12.5. The van der Waals surface area contributed by atoms with Crippen LogP contribution in [0.25, 0.3) is 0 Å². The molecule has 0 aliphatic heterocycles.